The van der Waals surface area contributed by atoms with Crippen molar-refractivity contribution in [3.63, 3.8) is 0 Å². The number of nitrogens with one attached hydrogen (secondary N) is 1. The van der Waals surface area contributed by atoms with Gasteiger partial charge >= 0.3 is 6.18 Å². The molecule has 2 rings (SSSR count). The molecular formula is C15H21F3N2. The van der Waals surface area contributed by atoms with Gasteiger partial charge in [0.05, 0.1) is 0 Å². The van der Waals surface area contributed by atoms with Gasteiger partial charge in [-0.25, -0.2) is 0 Å². The molecule has 0 bridgehead atoms. The van der Waals surface area contributed by atoms with E-state index in [1.54, 1.807) is 0 Å². The van der Waals surface area contributed by atoms with Crippen molar-refractivity contribution in [2.75, 3.05) is 26.2 Å². The maximum Gasteiger partial charge on any atom is 0.389 e. The fraction of sp³-hybridized carbons (Fsp3) is 0.600. The third-order valence-electron chi connectivity index (χ3n) is 3.69. The van der Waals surface area contributed by atoms with Gasteiger partial charge in [-0.3, -0.25) is 4.90 Å². The lowest BCUT2D eigenvalue weighted by molar-refractivity contribution is -0.135. The van der Waals surface area contributed by atoms with E-state index in [1.165, 1.54) is 5.56 Å². The molecule has 1 aliphatic heterocycles. The summed E-state index contributed by atoms with van der Waals surface area (Å²) >= 11 is 0. The van der Waals surface area contributed by atoms with Gasteiger partial charge in [-0.05, 0) is 24.9 Å². The molecule has 1 atom stereocenters. The number of rotatable bonds is 5. The molecule has 0 aliphatic carbocycles. The summed E-state index contributed by atoms with van der Waals surface area (Å²) in [6, 6.07) is 10.4. The lowest BCUT2D eigenvalue weighted by Crippen LogP contribution is -2.46. The summed E-state index contributed by atoms with van der Waals surface area (Å²) < 4.78 is 36.4. The fourth-order valence-corrected chi connectivity index (χ4v) is 2.66. The number of alkyl halides is 3. The number of hydrogen-bond donors (Lipinski definition) is 1. The number of hydrogen-bond acceptors (Lipinski definition) is 2. The highest BCUT2D eigenvalue weighted by Crippen LogP contribution is 2.25. The smallest absolute Gasteiger partial charge is 0.314 e. The van der Waals surface area contributed by atoms with Gasteiger partial charge in [-0.15, -0.1) is 0 Å². The van der Waals surface area contributed by atoms with E-state index in [-0.39, 0.29) is 12.5 Å². The van der Waals surface area contributed by atoms with Crippen molar-refractivity contribution in [1.29, 1.82) is 0 Å². The number of piperazine rings is 1. The summed E-state index contributed by atoms with van der Waals surface area (Å²) in [6.07, 6.45) is -3.88. The predicted molar refractivity (Wildman–Crippen MR) is 73.5 cm³/mol. The van der Waals surface area contributed by atoms with Gasteiger partial charge < -0.3 is 5.32 Å². The maximum absolute atomic E-state index is 12.1. The Labute approximate surface area is 118 Å². The average Bonchev–Trinajstić information content (AvgIpc) is 2.44. The summed E-state index contributed by atoms with van der Waals surface area (Å²) in [5.41, 5.74) is 1.23. The van der Waals surface area contributed by atoms with Crippen LogP contribution in [0.25, 0.3) is 0 Å². The molecule has 1 N–H and O–H groups in total. The summed E-state index contributed by atoms with van der Waals surface area (Å²) in [4.78, 5) is 2.29. The molecule has 1 aromatic rings. The number of unbranched alkanes of at least 4 members (excludes halogenated alkanes) is 1. The number of benzene rings is 1. The lowest BCUT2D eigenvalue weighted by Gasteiger charge is -2.36. The second-order valence-corrected chi connectivity index (χ2v) is 5.24. The normalized spacial score (nSPS) is 21.1. The Bertz CT molecular complexity index is 392. The van der Waals surface area contributed by atoms with Crippen molar-refractivity contribution in [3.05, 3.63) is 35.9 Å². The van der Waals surface area contributed by atoms with Crippen molar-refractivity contribution >= 4 is 0 Å². The Kier molecular flexibility index (Phi) is 5.43. The van der Waals surface area contributed by atoms with Crippen LogP contribution in [0, 0.1) is 0 Å². The van der Waals surface area contributed by atoms with E-state index >= 15 is 0 Å². The van der Waals surface area contributed by atoms with Crippen molar-refractivity contribution in [2.24, 2.45) is 0 Å². The number of halogens is 3. The van der Waals surface area contributed by atoms with Gasteiger partial charge in [0.1, 0.15) is 0 Å². The second kappa shape index (κ2) is 7.09. The monoisotopic (exact) mass is 286 g/mol. The molecule has 1 fully saturated rings. The highest BCUT2D eigenvalue weighted by Gasteiger charge is 2.27. The molecule has 0 saturated carbocycles. The first kappa shape index (κ1) is 15.3. The Morgan fingerprint density at radius 1 is 1.15 bits per heavy atom. The average molecular weight is 286 g/mol. The standard InChI is InChI=1S/C15H21F3N2/c16-15(17,18)8-4-5-10-20-11-9-19-12-14(20)13-6-2-1-3-7-13/h1-3,6-7,14,19H,4-5,8-12H2. The first-order valence-corrected chi connectivity index (χ1v) is 7.13. The van der Waals surface area contributed by atoms with Crippen molar-refractivity contribution in [3.8, 4) is 0 Å². The molecule has 1 aromatic carbocycles. The van der Waals surface area contributed by atoms with Gasteiger partial charge in [-0.1, -0.05) is 30.3 Å². The zero-order valence-corrected chi connectivity index (χ0v) is 11.5. The SMILES string of the molecule is FC(F)(F)CCCCN1CCNCC1c1ccccc1. The summed E-state index contributed by atoms with van der Waals surface area (Å²) in [7, 11) is 0. The van der Waals surface area contributed by atoms with Crippen LogP contribution in [0.2, 0.25) is 0 Å². The second-order valence-electron chi connectivity index (χ2n) is 5.24. The van der Waals surface area contributed by atoms with Gasteiger partial charge in [0.15, 0.2) is 0 Å². The van der Waals surface area contributed by atoms with Crippen LogP contribution in [0.15, 0.2) is 30.3 Å². The molecule has 0 amide bonds. The van der Waals surface area contributed by atoms with Gasteiger partial charge in [0.25, 0.3) is 0 Å². The van der Waals surface area contributed by atoms with Crippen LogP contribution in [-0.2, 0) is 0 Å². The van der Waals surface area contributed by atoms with Gasteiger partial charge in [0.2, 0.25) is 0 Å². The zero-order valence-electron chi connectivity index (χ0n) is 11.5. The van der Waals surface area contributed by atoms with E-state index in [9.17, 15) is 13.2 Å². The molecule has 0 spiro atoms. The predicted octanol–water partition coefficient (Wildman–Crippen LogP) is 3.37. The van der Waals surface area contributed by atoms with Crippen LogP contribution >= 0.6 is 0 Å². The van der Waals surface area contributed by atoms with Crippen LogP contribution in [0.5, 0.6) is 0 Å². The number of nitrogens with zero attached hydrogens (tertiary/aromatic N) is 1. The lowest BCUT2D eigenvalue weighted by atomic mass is 10.0. The minimum atomic E-state index is -4.03. The molecule has 1 saturated heterocycles. The summed E-state index contributed by atoms with van der Waals surface area (Å²) in [5.74, 6) is 0. The van der Waals surface area contributed by atoms with Crippen LogP contribution in [-0.4, -0.2) is 37.3 Å². The van der Waals surface area contributed by atoms with E-state index in [0.717, 1.165) is 26.2 Å². The molecule has 1 heterocycles. The molecule has 20 heavy (non-hydrogen) atoms. The van der Waals surface area contributed by atoms with Gasteiger partial charge in [0, 0.05) is 32.1 Å². The zero-order chi connectivity index (χ0) is 14.4. The molecule has 0 aromatic heterocycles. The molecule has 112 valence electrons. The molecule has 2 nitrogen and oxygen atoms in total. The molecule has 1 unspecified atom stereocenters. The van der Waals surface area contributed by atoms with Gasteiger partial charge in [-0.2, -0.15) is 13.2 Å². The highest BCUT2D eigenvalue weighted by atomic mass is 19.4. The van der Waals surface area contributed by atoms with E-state index in [0.29, 0.717) is 6.42 Å². The van der Waals surface area contributed by atoms with Crippen LogP contribution in [0.3, 0.4) is 0 Å². The van der Waals surface area contributed by atoms with Crippen LogP contribution in [0.4, 0.5) is 13.2 Å². The minimum Gasteiger partial charge on any atom is -0.314 e. The van der Waals surface area contributed by atoms with Crippen molar-refractivity contribution in [2.45, 2.75) is 31.5 Å². The van der Waals surface area contributed by atoms with E-state index < -0.39 is 12.6 Å². The maximum atomic E-state index is 12.1. The van der Waals surface area contributed by atoms with Crippen LogP contribution < -0.4 is 5.32 Å². The fourth-order valence-electron chi connectivity index (χ4n) is 2.66. The Morgan fingerprint density at radius 2 is 1.90 bits per heavy atom. The van der Waals surface area contributed by atoms with E-state index in [2.05, 4.69) is 22.3 Å². The molecule has 5 heteroatoms. The Hall–Kier alpha value is -1.07. The van der Waals surface area contributed by atoms with E-state index in [1.807, 2.05) is 18.2 Å². The quantitative estimate of drug-likeness (QED) is 0.835. The minimum absolute atomic E-state index is 0.217. The largest absolute Gasteiger partial charge is 0.389 e. The highest BCUT2D eigenvalue weighted by molar-refractivity contribution is 5.20. The first-order chi connectivity index (χ1) is 9.56. The molecular weight excluding hydrogens is 265 g/mol. The van der Waals surface area contributed by atoms with Crippen molar-refractivity contribution < 1.29 is 13.2 Å². The topological polar surface area (TPSA) is 15.3 Å². The summed E-state index contributed by atoms with van der Waals surface area (Å²) in [5, 5.41) is 3.36. The Morgan fingerprint density at radius 3 is 2.60 bits per heavy atom. The first-order valence-electron chi connectivity index (χ1n) is 7.13. The summed E-state index contributed by atoms with van der Waals surface area (Å²) in [6.45, 7) is 3.40. The molecule has 1 aliphatic rings. The third-order valence-corrected chi connectivity index (χ3v) is 3.69. The molecule has 0 radical (unpaired) electrons. The van der Waals surface area contributed by atoms with Crippen molar-refractivity contribution in [1.82, 2.24) is 10.2 Å². The Balaban J connectivity index is 1.85. The van der Waals surface area contributed by atoms with Crippen LogP contribution in [0.1, 0.15) is 30.9 Å². The van der Waals surface area contributed by atoms with E-state index in [4.69, 9.17) is 0 Å². The third kappa shape index (κ3) is 4.80.